The molecule has 3 aromatic rings. The van der Waals surface area contributed by atoms with E-state index in [9.17, 15) is 14.4 Å². The Morgan fingerprint density at radius 1 is 1.03 bits per heavy atom. The molecule has 0 aliphatic carbocycles. The van der Waals surface area contributed by atoms with Crippen LogP contribution in [0, 0.1) is 6.92 Å². The van der Waals surface area contributed by atoms with Gasteiger partial charge in [0.2, 0.25) is 5.91 Å². The zero-order valence-corrected chi connectivity index (χ0v) is 19.0. The molecule has 166 valence electrons. The van der Waals surface area contributed by atoms with E-state index in [1.165, 1.54) is 18.7 Å². The van der Waals surface area contributed by atoms with Crippen LogP contribution in [0.4, 0.5) is 5.69 Å². The van der Waals surface area contributed by atoms with E-state index in [0.717, 1.165) is 5.56 Å². The smallest absolute Gasteiger partial charge is 0.251 e. The van der Waals surface area contributed by atoms with Crippen molar-refractivity contribution >= 4 is 35.0 Å². The van der Waals surface area contributed by atoms with E-state index < -0.39 is 0 Å². The Morgan fingerprint density at radius 2 is 1.78 bits per heavy atom. The molecule has 0 unspecified atom stereocenters. The number of hydrogen-bond acceptors (Lipinski definition) is 6. The highest BCUT2D eigenvalue weighted by atomic mass is 32.2. The predicted molar refractivity (Wildman–Crippen MR) is 124 cm³/mol. The largest absolute Gasteiger partial charge is 0.345 e. The van der Waals surface area contributed by atoms with E-state index in [1.54, 1.807) is 36.4 Å². The van der Waals surface area contributed by atoms with E-state index in [0.29, 0.717) is 34.3 Å². The van der Waals surface area contributed by atoms with Gasteiger partial charge in [0, 0.05) is 23.4 Å². The summed E-state index contributed by atoms with van der Waals surface area (Å²) in [5.41, 5.74) is 2.78. The van der Waals surface area contributed by atoms with Crippen molar-refractivity contribution < 1.29 is 14.4 Å². The molecule has 0 aliphatic rings. The number of aromatic nitrogens is 3. The number of rotatable bonds is 9. The van der Waals surface area contributed by atoms with E-state index in [-0.39, 0.29) is 29.9 Å². The van der Waals surface area contributed by atoms with Crippen LogP contribution in [0.1, 0.15) is 46.0 Å². The number of Topliss-reactive ketones (excluding diaryl/α,β-unsaturated/α-hetero) is 1. The van der Waals surface area contributed by atoms with Crippen LogP contribution in [-0.2, 0) is 17.9 Å². The first kappa shape index (κ1) is 23.2. The fourth-order valence-electron chi connectivity index (χ4n) is 2.98. The quantitative estimate of drug-likeness (QED) is 0.381. The van der Waals surface area contributed by atoms with Gasteiger partial charge in [0.1, 0.15) is 0 Å². The van der Waals surface area contributed by atoms with E-state index in [2.05, 4.69) is 20.8 Å². The fraction of sp³-hybridized carbons (Fsp3) is 0.261. The van der Waals surface area contributed by atoms with E-state index in [1.807, 2.05) is 30.5 Å². The minimum absolute atomic E-state index is 0.0616. The van der Waals surface area contributed by atoms with Crippen molar-refractivity contribution in [2.45, 2.75) is 39.0 Å². The molecule has 2 aromatic carbocycles. The molecule has 3 rings (SSSR count). The van der Waals surface area contributed by atoms with Crippen LogP contribution >= 0.6 is 11.8 Å². The second-order valence-electron chi connectivity index (χ2n) is 7.17. The number of nitrogens with zero attached hydrogens (tertiary/aromatic N) is 3. The number of carbonyl (C=O) groups excluding carboxylic acids is 3. The predicted octanol–water partition coefficient (Wildman–Crippen LogP) is 3.47. The van der Waals surface area contributed by atoms with Crippen molar-refractivity contribution in [1.29, 1.82) is 0 Å². The molecule has 0 atom stereocenters. The van der Waals surface area contributed by atoms with Crippen molar-refractivity contribution in [1.82, 2.24) is 20.1 Å². The molecule has 0 saturated carbocycles. The summed E-state index contributed by atoms with van der Waals surface area (Å²) in [4.78, 5) is 36.2. The third-order valence-corrected chi connectivity index (χ3v) is 5.68. The zero-order valence-electron chi connectivity index (χ0n) is 18.2. The lowest BCUT2D eigenvalue weighted by Gasteiger charge is -2.09. The number of ketones is 1. The van der Waals surface area contributed by atoms with Gasteiger partial charge in [-0.05, 0) is 45.0 Å². The van der Waals surface area contributed by atoms with E-state index >= 15 is 0 Å². The Hall–Kier alpha value is -3.46. The number of carbonyl (C=O) groups is 3. The van der Waals surface area contributed by atoms with Gasteiger partial charge in [-0.2, -0.15) is 0 Å². The molecule has 2 N–H and O–H groups in total. The Balaban J connectivity index is 1.56. The normalized spacial score (nSPS) is 10.6. The van der Waals surface area contributed by atoms with Gasteiger partial charge in [-0.1, -0.05) is 41.6 Å². The molecule has 0 spiro atoms. The van der Waals surface area contributed by atoms with Crippen LogP contribution < -0.4 is 10.6 Å². The van der Waals surface area contributed by atoms with Crippen molar-refractivity contribution in [2.75, 3.05) is 11.1 Å². The molecule has 0 radical (unpaired) electrons. The van der Waals surface area contributed by atoms with Gasteiger partial charge in [0.05, 0.1) is 12.3 Å². The first-order valence-electron chi connectivity index (χ1n) is 10.2. The van der Waals surface area contributed by atoms with Gasteiger partial charge in [-0.15, -0.1) is 10.2 Å². The molecule has 0 fully saturated rings. The lowest BCUT2D eigenvalue weighted by molar-refractivity contribution is -0.113. The molecule has 9 heteroatoms. The van der Waals surface area contributed by atoms with Crippen molar-refractivity contribution in [3.05, 3.63) is 71.0 Å². The number of amides is 2. The zero-order chi connectivity index (χ0) is 23.1. The molecule has 1 aromatic heterocycles. The van der Waals surface area contributed by atoms with Gasteiger partial charge >= 0.3 is 0 Å². The van der Waals surface area contributed by atoms with Crippen LogP contribution in [0.3, 0.4) is 0 Å². The van der Waals surface area contributed by atoms with Gasteiger partial charge in [0.15, 0.2) is 16.8 Å². The molecule has 2 amide bonds. The Bertz CT molecular complexity index is 1120. The van der Waals surface area contributed by atoms with Gasteiger partial charge in [-0.25, -0.2) is 0 Å². The first-order valence-corrected chi connectivity index (χ1v) is 11.2. The fourth-order valence-corrected chi connectivity index (χ4v) is 3.80. The lowest BCUT2D eigenvalue weighted by Crippen LogP contribution is -2.24. The minimum Gasteiger partial charge on any atom is -0.345 e. The van der Waals surface area contributed by atoms with Crippen LogP contribution in [0.25, 0.3) is 0 Å². The molecule has 0 bridgehead atoms. The van der Waals surface area contributed by atoms with Gasteiger partial charge in [-0.3, -0.25) is 14.4 Å². The lowest BCUT2D eigenvalue weighted by atomic mass is 10.1. The summed E-state index contributed by atoms with van der Waals surface area (Å²) in [6.45, 7) is 6.24. The molecule has 32 heavy (non-hydrogen) atoms. The molecule has 0 saturated heterocycles. The number of hydrogen-bond donors (Lipinski definition) is 2. The average molecular weight is 452 g/mol. The summed E-state index contributed by atoms with van der Waals surface area (Å²) >= 11 is 1.26. The summed E-state index contributed by atoms with van der Waals surface area (Å²) in [5, 5.41) is 14.6. The van der Waals surface area contributed by atoms with E-state index in [4.69, 9.17) is 0 Å². The molecule has 8 nitrogen and oxygen atoms in total. The average Bonchev–Trinajstić information content (AvgIpc) is 3.18. The first-order chi connectivity index (χ1) is 15.4. The third kappa shape index (κ3) is 6.04. The summed E-state index contributed by atoms with van der Waals surface area (Å²) in [6, 6.07) is 14.1. The second kappa shape index (κ2) is 10.7. The number of nitrogens with one attached hydrogen (secondary N) is 2. The molecular weight excluding hydrogens is 426 g/mol. The van der Waals surface area contributed by atoms with Crippen LogP contribution in [0.2, 0.25) is 0 Å². The highest BCUT2D eigenvalue weighted by Crippen LogP contribution is 2.18. The van der Waals surface area contributed by atoms with Crippen LogP contribution in [-0.4, -0.2) is 38.1 Å². The van der Waals surface area contributed by atoms with Gasteiger partial charge < -0.3 is 15.2 Å². The second-order valence-corrected chi connectivity index (χ2v) is 8.11. The number of aryl methyl sites for hydroxylation is 1. The molecule has 1 heterocycles. The highest BCUT2D eigenvalue weighted by Gasteiger charge is 2.15. The Kier molecular flexibility index (Phi) is 7.77. The van der Waals surface area contributed by atoms with Crippen LogP contribution in [0.15, 0.2) is 53.7 Å². The SMILES string of the molecule is CCn1c(CNC(=O)c2ccc(C)cc2)nnc1SCC(=O)Nc1cccc(C(C)=O)c1. The third-order valence-electron chi connectivity index (χ3n) is 4.72. The topological polar surface area (TPSA) is 106 Å². The maximum absolute atomic E-state index is 12.3. The number of thioether (sulfide) groups is 1. The Morgan fingerprint density at radius 3 is 2.47 bits per heavy atom. The minimum atomic E-state index is -0.212. The summed E-state index contributed by atoms with van der Waals surface area (Å²) in [6.07, 6.45) is 0. The van der Waals surface area contributed by atoms with Crippen molar-refractivity contribution in [3.8, 4) is 0 Å². The van der Waals surface area contributed by atoms with Crippen molar-refractivity contribution in [3.63, 3.8) is 0 Å². The maximum atomic E-state index is 12.3. The van der Waals surface area contributed by atoms with Crippen LogP contribution in [0.5, 0.6) is 0 Å². The summed E-state index contributed by atoms with van der Waals surface area (Å²) in [7, 11) is 0. The summed E-state index contributed by atoms with van der Waals surface area (Å²) < 4.78 is 1.86. The van der Waals surface area contributed by atoms with Crippen molar-refractivity contribution in [2.24, 2.45) is 0 Å². The maximum Gasteiger partial charge on any atom is 0.251 e. The monoisotopic (exact) mass is 451 g/mol. The van der Waals surface area contributed by atoms with Gasteiger partial charge in [0.25, 0.3) is 5.91 Å². The molecule has 0 aliphatic heterocycles. The highest BCUT2D eigenvalue weighted by molar-refractivity contribution is 7.99. The molecular formula is C23H25N5O3S. The summed E-state index contributed by atoms with van der Waals surface area (Å²) in [5.74, 6) is 0.296. The standard InChI is InChI=1S/C23H25N5O3S/c1-4-28-20(13-24-22(31)17-10-8-15(2)9-11-17)26-27-23(28)32-14-21(30)25-19-7-5-6-18(12-19)16(3)29/h5-12H,4,13-14H2,1-3H3,(H,24,31)(H,25,30). The number of benzene rings is 2. The number of anilines is 1. The Labute approximate surface area is 190 Å².